The normalized spacial score (nSPS) is 21.4. The van der Waals surface area contributed by atoms with E-state index in [2.05, 4.69) is 0 Å². The zero-order valence-corrected chi connectivity index (χ0v) is 23.5. The molecule has 2 aromatic rings. The molecule has 6 nitrogen and oxygen atoms in total. The SMILES string of the molecule is CN(C)C(=O)c1ccc(O[C@H]2C[C@@H](CC3CCN(C(=O)[C@](O)(c4cc(F)cc(Cl)c4)C(F)(F)F)CC3)C2)cc1Cl. The Morgan fingerprint density at radius 3 is 2.25 bits per heavy atom. The Morgan fingerprint density at radius 1 is 1.05 bits per heavy atom. The van der Waals surface area contributed by atoms with Gasteiger partial charge in [0.15, 0.2) is 0 Å². The summed E-state index contributed by atoms with van der Waals surface area (Å²) in [6, 6.07) is 7.00. The van der Waals surface area contributed by atoms with E-state index in [-0.39, 0.29) is 36.0 Å². The molecule has 2 fully saturated rings. The average Bonchev–Trinajstić information content (AvgIpc) is 2.85. The molecule has 0 spiro atoms. The van der Waals surface area contributed by atoms with Crippen molar-refractivity contribution in [2.45, 2.75) is 50.0 Å². The van der Waals surface area contributed by atoms with Gasteiger partial charge in [-0.25, -0.2) is 4.39 Å². The van der Waals surface area contributed by atoms with Crippen molar-refractivity contribution in [3.05, 3.63) is 63.4 Å². The van der Waals surface area contributed by atoms with Crippen molar-refractivity contribution in [2.24, 2.45) is 11.8 Å². The molecule has 1 heterocycles. The van der Waals surface area contributed by atoms with Crippen molar-refractivity contribution >= 4 is 35.0 Å². The first-order chi connectivity index (χ1) is 18.7. The molecule has 0 bridgehead atoms. The van der Waals surface area contributed by atoms with Crippen LogP contribution >= 0.6 is 23.2 Å². The van der Waals surface area contributed by atoms with E-state index in [4.69, 9.17) is 27.9 Å². The lowest BCUT2D eigenvalue weighted by molar-refractivity contribution is -0.262. The monoisotopic (exact) mass is 604 g/mol. The Balaban J connectivity index is 1.28. The van der Waals surface area contributed by atoms with Gasteiger partial charge in [0, 0.05) is 37.8 Å². The number of halogens is 6. The van der Waals surface area contributed by atoms with Crippen LogP contribution in [0.3, 0.4) is 0 Å². The van der Waals surface area contributed by atoms with E-state index in [1.165, 1.54) is 4.90 Å². The highest BCUT2D eigenvalue weighted by Crippen LogP contribution is 2.43. The largest absolute Gasteiger partial charge is 0.490 e. The van der Waals surface area contributed by atoms with Crippen LogP contribution in [0.25, 0.3) is 0 Å². The minimum absolute atomic E-state index is 0.00184. The fourth-order valence-corrected chi connectivity index (χ4v) is 5.86. The zero-order valence-electron chi connectivity index (χ0n) is 22.0. The van der Waals surface area contributed by atoms with Gasteiger partial charge >= 0.3 is 6.18 Å². The molecule has 12 heteroatoms. The molecule has 218 valence electrons. The molecule has 2 aliphatic rings. The van der Waals surface area contributed by atoms with E-state index < -0.39 is 29.1 Å². The maximum atomic E-state index is 14.0. The molecule has 1 aliphatic carbocycles. The molecule has 2 amide bonds. The summed E-state index contributed by atoms with van der Waals surface area (Å²) in [6.07, 6.45) is -1.93. The predicted molar refractivity (Wildman–Crippen MR) is 142 cm³/mol. The van der Waals surface area contributed by atoms with Gasteiger partial charge in [-0.3, -0.25) is 9.59 Å². The number of carbonyl (C=O) groups is 2. The van der Waals surface area contributed by atoms with Gasteiger partial charge in [-0.15, -0.1) is 0 Å². The lowest BCUT2D eigenvalue weighted by atomic mass is 9.74. The first-order valence-corrected chi connectivity index (χ1v) is 13.7. The van der Waals surface area contributed by atoms with E-state index in [0.717, 1.165) is 36.3 Å². The molecule has 4 rings (SSSR count). The van der Waals surface area contributed by atoms with E-state index >= 15 is 0 Å². The van der Waals surface area contributed by atoms with Gasteiger partial charge in [0.2, 0.25) is 0 Å². The maximum Gasteiger partial charge on any atom is 0.430 e. The smallest absolute Gasteiger partial charge is 0.430 e. The summed E-state index contributed by atoms with van der Waals surface area (Å²) in [5.74, 6) is -1.65. The fraction of sp³-hybridized carbons (Fsp3) is 0.500. The molecule has 1 aliphatic heterocycles. The van der Waals surface area contributed by atoms with E-state index in [1.54, 1.807) is 32.3 Å². The Morgan fingerprint density at radius 2 is 1.70 bits per heavy atom. The molecule has 0 aromatic heterocycles. The van der Waals surface area contributed by atoms with Gasteiger partial charge in [0.1, 0.15) is 11.6 Å². The second-order valence-electron chi connectivity index (χ2n) is 10.8. The first-order valence-electron chi connectivity index (χ1n) is 12.9. The maximum absolute atomic E-state index is 14.0. The molecule has 1 saturated carbocycles. The third kappa shape index (κ3) is 6.34. The highest BCUT2D eigenvalue weighted by molar-refractivity contribution is 6.34. The second kappa shape index (κ2) is 11.7. The van der Waals surface area contributed by atoms with E-state index in [9.17, 15) is 32.3 Å². The van der Waals surface area contributed by atoms with Gasteiger partial charge in [0.25, 0.3) is 17.4 Å². The van der Waals surface area contributed by atoms with Crippen molar-refractivity contribution in [1.82, 2.24) is 9.80 Å². The number of ether oxygens (including phenoxy) is 1. The Hall–Kier alpha value is -2.56. The molecular weight excluding hydrogens is 575 g/mol. The highest BCUT2D eigenvalue weighted by atomic mass is 35.5. The van der Waals surface area contributed by atoms with E-state index in [1.807, 2.05) is 0 Å². The summed E-state index contributed by atoms with van der Waals surface area (Å²) >= 11 is 12.0. The first kappa shape index (κ1) is 30.4. The molecule has 1 saturated heterocycles. The van der Waals surface area contributed by atoms with Crippen LogP contribution in [0.4, 0.5) is 17.6 Å². The summed E-state index contributed by atoms with van der Waals surface area (Å²) < 4.78 is 61.7. The van der Waals surface area contributed by atoms with Crippen molar-refractivity contribution in [3.8, 4) is 5.75 Å². The van der Waals surface area contributed by atoms with Gasteiger partial charge in [-0.05, 0) is 80.3 Å². The van der Waals surface area contributed by atoms with Crippen molar-refractivity contribution in [2.75, 3.05) is 27.2 Å². The Labute approximate surface area is 239 Å². The summed E-state index contributed by atoms with van der Waals surface area (Å²) in [5, 5.41) is 10.6. The summed E-state index contributed by atoms with van der Waals surface area (Å²) in [7, 11) is 3.29. The summed E-state index contributed by atoms with van der Waals surface area (Å²) in [4.78, 5) is 27.5. The molecule has 0 radical (unpaired) electrons. The number of amides is 2. The van der Waals surface area contributed by atoms with Gasteiger partial charge in [0.05, 0.1) is 16.7 Å². The topological polar surface area (TPSA) is 70.1 Å². The number of rotatable bonds is 7. The highest BCUT2D eigenvalue weighted by Gasteiger charge is 2.62. The number of nitrogens with zero attached hydrogens (tertiary/aromatic N) is 2. The Kier molecular flexibility index (Phi) is 8.92. The van der Waals surface area contributed by atoms with E-state index in [0.29, 0.717) is 41.2 Å². The molecule has 1 atom stereocenters. The number of benzene rings is 2. The Bertz CT molecular complexity index is 1240. The lowest BCUT2D eigenvalue weighted by Crippen LogP contribution is -2.57. The molecule has 0 unspecified atom stereocenters. The summed E-state index contributed by atoms with van der Waals surface area (Å²) in [5.41, 5.74) is -4.45. The standard InChI is InChI=1S/C28H30Cl2F4N2O4/c1-35(2)25(37)23-4-3-21(15-24(23)30)40-22-10-17(11-22)9-16-5-7-36(8-6-16)26(38)27(39,28(32,33)34)18-12-19(29)14-20(31)13-18/h3-4,12-17,22,39H,5-11H2,1-2H3/t17-,22+,27-/m1/s1. The molecule has 1 N–H and O–H groups in total. The quantitative estimate of drug-likeness (QED) is 0.389. The third-order valence-electron chi connectivity index (χ3n) is 7.64. The van der Waals surface area contributed by atoms with Crippen LogP contribution < -0.4 is 4.74 Å². The third-order valence-corrected chi connectivity index (χ3v) is 8.17. The number of alkyl halides is 3. The number of likely N-dealkylation sites (tertiary alicyclic amines) is 1. The minimum Gasteiger partial charge on any atom is -0.490 e. The van der Waals surface area contributed by atoms with Gasteiger partial charge in [-0.1, -0.05) is 23.2 Å². The zero-order chi connectivity index (χ0) is 29.4. The van der Waals surface area contributed by atoms with Gasteiger partial charge < -0.3 is 19.6 Å². The molecule has 2 aromatic carbocycles. The number of aliphatic hydroxyl groups is 1. The van der Waals surface area contributed by atoms with Crippen LogP contribution in [-0.2, 0) is 10.4 Å². The van der Waals surface area contributed by atoms with Crippen LogP contribution in [0, 0.1) is 17.7 Å². The predicted octanol–water partition coefficient (Wildman–Crippen LogP) is 6.07. The van der Waals surface area contributed by atoms with Crippen molar-refractivity contribution in [3.63, 3.8) is 0 Å². The molecular formula is C28H30Cl2F4N2O4. The number of piperidine rings is 1. The van der Waals surface area contributed by atoms with Crippen LogP contribution in [0.5, 0.6) is 5.75 Å². The van der Waals surface area contributed by atoms with Crippen molar-refractivity contribution < 1.29 is 37.0 Å². The lowest BCUT2D eigenvalue weighted by Gasteiger charge is -2.41. The number of carbonyl (C=O) groups excluding carboxylic acids is 2. The number of hydrogen-bond acceptors (Lipinski definition) is 4. The van der Waals surface area contributed by atoms with Crippen LogP contribution in [0.1, 0.15) is 48.0 Å². The average molecular weight is 605 g/mol. The fourth-order valence-electron chi connectivity index (χ4n) is 5.38. The van der Waals surface area contributed by atoms with Gasteiger partial charge in [-0.2, -0.15) is 13.2 Å². The molecule has 40 heavy (non-hydrogen) atoms. The summed E-state index contributed by atoms with van der Waals surface area (Å²) in [6.45, 7) is 0.0994. The van der Waals surface area contributed by atoms with Crippen LogP contribution in [0.15, 0.2) is 36.4 Å². The van der Waals surface area contributed by atoms with Crippen LogP contribution in [0.2, 0.25) is 10.0 Å². The second-order valence-corrected chi connectivity index (χ2v) is 11.6. The minimum atomic E-state index is -5.37. The number of hydrogen-bond donors (Lipinski definition) is 1. The van der Waals surface area contributed by atoms with Crippen molar-refractivity contribution in [1.29, 1.82) is 0 Å². The van der Waals surface area contributed by atoms with Crippen LogP contribution in [-0.4, -0.2) is 66.2 Å².